The number of hydrogen-bond acceptors (Lipinski definition) is 2. The molecule has 5 saturated carbocycles. The van der Waals surface area contributed by atoms with E-state index in [1.54, 1.807) is 0 Å². The molecule has 0 unspecified atom stereocenters. The van der Waals surface area contributed by atoms with Crippen molar-refractivity contribution in [2.75, 3.05) is 0 Å². The first-order chi connectivity index (χ1) is 16.7. The van der Waals surface area contributed by atoms with Crippen LogP contribution in [0.4, 0.5) is 0 Å². The summed E-state index contributed by atoms with van der Waals surface area (Å²) in [5, 5.41) is 22.3. The Morgan fingerprint density at radius 2 is 1.42 bits per heavy atom. The van der Waals surface area contributed by atoms with Crippen molar-refractivity contribution in [3.63, 3.8) is 0 Å². The van der Waals surface area contributed by atoms with E-state index in [0.29, 0.717) is 16.2 Å². The Morgan fingerprint density at radius 1 is 0.750 bits per heavy atom. The molecule has 2 N–H and O–H groups in total. The van der Waals surface area contributed by atoms with Gasteiger partial charge < -0.3 is 10.2 Å². The first-order valence-corrected chi connectivity index (χ1v) is 16.1. The normalized spacial score (nSPS) is 52.2. The summed E-state index contributed by atoms with van der Waals surface area (Å²) in [5.74, 6) is 5.80. The molecule has 0 spiro atoms. The Morgan fingerprint density at radius 3 is 2.08 bits per heavy atom. The van der Waals surface area contributed by atoms with E-state index in [0.717, 1.165) is 73.5 Å². The minimum Gasteiger partial charge on any atom is -0.390 e. The van der Waals surface area contributed by atoms with Crippen LogP contribution in [0.2, 0.25) is 0 Å². The van der Waals surface area contributed by atoms with Gasteiger partial charge in [0.25, 0.3) is 0 Å². The molecular weight excluding hydrogens is 440 g/mol. The first kappa shape index (κ1) is 27.5. The smallest absolute Gasteiger partial charge is 0.0648 e. The molecule has 36 heavy (non-hydrogen) atoms. The molecule has 9 atom stereocenters. The van der Waals surface area contributed by atoms with Gasteiger partial charge in [0, 0.05) is 0 Å². The van der Waals surface area contributed by atoms with E-state index in [4.69, 9.17) is 0 Å². The average molecular weight is 501 g/mol. The van der Waals surface area contributed by atoms with Gasteiger partial charge in [0.1, 0.15) is 0 Å². The lowest BCUT2D eigenvalue weighted by molar-refractivity contribution is -0.148. The number of aliphatic hydroxyl groups is 2. The van der Waals surface area contributed by atoms with Gasteiger partial charge in [-0.2, -0.15) is 0 Å². The molecular formula is C34H60O2. The van der Waals surface area contributed by atoms with Crippen LogP contribution in [0, 0.1) is 57.7 Å². The highest BCUT2D eigenvalue weighted by Gasteiger charge is 2.61. The predicted octanol–water partition coefficient (Wildman–Crippen LogP) is 8.78. The van der Waals surface area contributed by atoms with Gasteiger partial charge >= 0.3 is 0 Å². The van der Waals surface area contributed by atoms with Crippen molar-refractivity contribution in [2.45, 2.75) is 156 Å². The Balaban J connectivity index is 1.21. The lowest BCUT2D eigenvalue weighted by Crippen LogP contribution is -2.55. The summed E-state index contributed by atoms with van der Waals surface area (Å²) < 4.78 is 0. The van der Waals surface area contributed by atoms with Crippen molar-refractivity contribution in [1.29, 1.82) is 0 Å². The van der Waals surface area contributed by atoms with E-state index in [1.807, 2.05) is 0 Å². The van der Waals surface area contributed by atoms with Crippen molar-refractivity contribution in [1.82, 2.24) is 0 Å². The molecule has 2 nitrogen and oxygen atoms in total. The number of rotatable bonds is 4. The van der Waals surface area contributed by atoms with Gasteiger partial charge in [-0.3, -0.25) is 0 Å². The monoisotopic (exact) mass is 500 g/mol. The summed E-state index contributed by atoms with van der Waals surface area (Å²) in [5.41, 5.74) is 0.528. The molecule has 0 heterocycles. The molecule has 0 aromatic heterocycles. The van der Waals surface area contributed by atoms with E-state index in [1.165, 1.54) is 64.2 Å². The SMILES string of the molecule is C[C@H](CCC1(O)CCC(C(C)(C)C)CC1)[C@H]1CC[C@H]2[C@@H]3CC[C@H]4C[C@@](C)(O)CC[C@]4(C)[C@H]3CC[C@]12C. The molecule has 5 fully saturated rings. The Bertz CT molecular complexity index is 785. The summed E-state index contributed by atoms with van der Waals surface area (Å²) in [4.78, 5) is 0. The maximum absolute atomic E-state index is 11.5. The van der Waals surface area contributed by atoms with Crippen LogP contribution in [-0.4, -0.2) is 21.4 Å². The molecule has 5 aliphatic rings. The standard InChI is InChI=1S/C34H60O2/c1-23(12-17-34(36)18-13-24(14-19-34)30(2,3)4)27-10-11-28-26-9-8-25-22-31(5,35)20-21-32(25,6)29(26)15-16-33(27,28)7/h23-29,35-36H,8-22H2,1-7H3/t23-,24?,25+,26+,27-,28+,29+,31+,32+,33-,34?/m1/s1. The number of fused-ring (bicyclic) bond motifs is 5. The van der Waals surface area contributed by atoms with Crippen molar-refractivity contribution in [3.8, 4) is 0 Å². The molecule has 208 valence electrons. The quantitative estimate of drug-likeness (QED) is 0.405. The zero-order chi connectivity index (χ0) is 26.1. The van der Waals surface area contributed by atoms with Crippen molar-refractivity contribution >= 4 is 0 Å². The second kappa shape index (κ2) is 9.25. The van der Waals surface area contributed by atoms with Crippen molar-refractivity contribution < 1.29 is 10.2 Å². The maximum atomic E-state index is 11.5. The molecule has 0 amide bonds. The van der Waals surface area contributed by atoms with Crippen LogP contribution in [0.25, 0.3) is 0 Å². The molecule has 0 bridgehead atoms. The largest absolute Gasteiger partial charge is 0.390 e. The van der Waals surface area contributed by atoms with Gasteiger partial charge in [-0.25, -0.2) is 0 Å². The van der Waals surface area contributed by atoms with Crippen LogP contribution in [0.3, 0.4) is 0 Å². The highest BCUT2D eigenvalue weighted by molar-refractivity contribution is 5.10. The lowest BCUT2D eigenvalue weighted by atomic mass is 9.43. The zero-order valence-corrected chi connectivity index (χ0v) is 25.0. The molecule has 2 heteroatoms. The summed E-state index contributed by atoms with van der Waals surface area (Å²) in [6.45, 7) is 17.1. The van der Waals surface area contributed by atoms with E-state index in [-0.39, 0.29) is 0 Å². The molecule has 5 aliphatic carbocycles. The molecule has 0 aromatic rings. The fraction of sp³-hybridized carbons (Fsp3) is 1.00. The second-order valence-corrected chi connectivity index (χ2v) is 17.0. The average Bonchev–Trinajstić information content (AvgIpc) is 3.15. The molecule has 0 aliphatic heterocycles. The van der Waals surface area contributed by atoms with Crippen molar-refractivity contribution in [3.05, 3.63) is 0 Å². The maximum Gasteiger partial charge on any atom is 0.0648 e. The van der Waals surface area contributed by atoms with Crippen LogP contribution in [0.15, 0.2) is 0 Å². The van der Waals surface area contributed by atoms with Crippen LogP contribution in [-0.2, 0) is 0 Å². The highest BCUT2D eigenvalue weighted by Crippen LogP contribution is 2.69. The van der Waals surface area contributed by atoms with E-state index in [2.05, 4.69) is 48.5 Å². The summed E-state index contributed by atoms with van der Waals surface area (Å²) >= 11 is 0. The van der Waals surface area contributed by atoms with Gasteiger partial charge in [-0.1, -0.05) is 41.5 Å². The third kappa shape index (κ3) is 4.76. The minimum absolute atomic E-state index is 0.381. The molecule has 0 saturated heterocycles. The lowest BCUT2D eigenvalue weighted by Gasteiger charge is -2.62. The van der Waals surface area contributed by atoms with Crippen LogP contribution < -0.4 is 0 Å². The molecule has 5 rings (SSSR count). The van der Waals surface area contributed by atoms with Gasteiger partial charge in [0.05, 0.1) is 11.2 Å². The highest BCUT2D eigenvalue weighted by atomic mass is 16.3. The Labute approximate surface area is 223 Å². The topological polar surface area (TPSA) is 40.5 Å². The summed E-state index contributed by atoms with van der Waals surface area (Å²) in [6.07, 6.45) is 18.4. The summed E-state index contributed by atoms with van der Waals surface area (Å²) in [6, 6.07) is 0. The van der Waals surface area contributed by atoms with Crippen LogP contribution in [0.5, 0.6) is 0 Å². The molecule has 0 radical (unpaired) electrons. The number of hydrogen-bond donors (Lipinski definition) is 2. The second-order valence-electron chi connectivity index (χ2n) is 17.0. The Kier molecular flexibility index (Phi) is 7.06. The summed E-state index contributed by atoms with van der Waals surface area (Å²) in [7, 11) is 0. The van der Waals surface area contributed by atoms with E-state index < -0.39 is 11.2 Å². The van der Waals surface area contributed by atoms with Crippen LogP contribution in [0.1, 0.15) is 145 Å². The van der Waals surface area contributed by atoms with Gasteiger partial charge in [0.15, 0.2) is 0 Å². The first-order valence-electron chi connectivity index (χ1n) is 16.1. The van der Waals surface area contributed by atoms with Gasteiger partial charge in [0.2, 0.25) is 0 Å². The van der Waals surface area contributed by atoms with Gasteiger partial charge in [-0.05, 0) is 161 Å². The third-order valence-corrected chi connectivity index (χ3v) is 13.9. The van der Waals surface area contributed by atoms with E-state index in [9.17, 15) is 10.2 Å². The molecule has 0 aromatic carbocycles. The van der Waals surface area contributed by atoms with Crippen LogP contribution >= 0.6 is 0 Å². The van der Waals surface area contributed by atoms with E-state index >= 15 is 0 Å². The predicted molar refractivity (Wildman–Crippen MR) is 151 cm³/mol. The fourth-order valence-electron chi connectivity index (χ4n) is 11.4. The van der Waals surface area contributed by atoms with Crippen molar-refractivity contribution in [2.24, 2.45) is 57.7 Å². The Hall–Kier alpha value is -0.0800. The van der Waals surface area contributed by atoms with Gasteiger partial charge in [-0.15, -0.1) is 0 Å². The fourth-order valence-corrected chi connectivity index (χ4v) is 11.4. The third-order valence-electron chi connectivity index (χ3n) is 13.9. The minimum atomic E-state index is -0.426. The zero-order valence-electron chi connectivity index (χ0n) is 25.0.